The van der Waals surface area contributed by atoms with Crippen molar-refractivity contribution in [1.29, 1.82) is 0 Å². The molecular weight excluding hydrogens is 244 g/mol. The summed E-state index contributed by atoms with van der Waals surface area (Å²) < 4.78 is 8.98. The van der Waals surface area contributed by atoms with Crippen molar-refractivity contribution < 1.29 is 4.74 Å². The topological polar surface area (TPSA) is 69.8 Å². The Balaban J connectivity index is 1.69. The summed E-state index contributed by atoms with van der Waals surface area (Å²) in [6.45, 7) is 3.40. The predicted molar refractivity (Wildman–Crippen MR) is 71.8 cm³/mol. The Morgan fingerprint density at radius 2 is 2.16 bits per heavy atom. The van der Waals surface area contributed by atoms with Gasteiger partial charge in [-0.2, -0.15) is 0 Å². The highest BCUT2D eigenvalue weighted by atomic mass is 16.5. The molecule has 0 atom stereocenters. The second-order valence-corrected chi connectivity index (χ2v) is 4.24. The van der Waals surface area contributed by atoms with Crippen LogP contribution in [0.1, 0.15) is 12.8 Å². The van der Waals surface area contributed by atoms with Crippen molar-refractivity contribution in [3.63, 3.8) is 0 Å². The third-order valence-electron chi connectivity index (χ3n) is 2.78. The Bertz CT molecular complexity index is 452. The molecule has 0 bridgehead atoms. The molecule has 0 aliphatic heterocycles. The fourth-order valence-electron chi connectivity index (χ4n) is 1.83. The number of hydrogen-bond donors (Lipinski definition) is 1. The second-order valence-electron chi connectivity index (χ2n) is 4.24. The molecule has 2 aromatic heterocycles. The summed E-state index contributed by atoms with van der Waals surface area (Å²) in [5, 5.41) is 11.0. The molecule has 0 radical (unpaired) electrons. The molecular formula is C12H20N6O. The van der Waals surface area contributed by atoms with Gasteiger partial charge >= 0.3 is 0 Å². The van der Waals surface area contributed by atoms with E-state index in [4.69, 9.17) is 4.74 Å². The Labute approximate surface area is 112 Å². The van der Waals surface area contributed by atoms with E-state index in [2.05, 4.69) is 25.2 Å². The Morgan fingerprint density at radius 1 is 1.21 bits per heavy atom. The highest BCUT2D eigenvalue weighted by Gasteiger charge is 2.01. The first-order valence-electron chi connectivity index (χ1n) is 6.48. The van der Waals surface area contributed by atoms with Crippen molar-refractivity contribution in [2.24, 2.45) is 0 Å². The van der Waals surface area contributed by atoms with Crippen LogP contribution in [-0.2, 0) is 17.8 Å². The summed E-state index contributed by atoms with van der Waals surface area (Å²) in [5.41, 5.74) is 0. The number of nitrogens with zero attached hydrogens (tertiary/aromatic N) is 5. The highest BCUT2D eigenvalue weighted by Crippen LogP contribution is 2.05. The standard InChI is InChI=1S/C12H20N6O/c1-19-11-3-7-17-9-5-14-12(17)13-4-2-8-18-10-6-15-16-18/h5-6,9-10H,2-4,7-8,11H2,1H3,(H,13,14). The first-order chi connectivity index (χ1) is 9.40. The van der Waals surface area contributed by atoms with Crippen molar-refractivity contribution in [2.75, 3.05) is 25.6 Å². The van der Waals surface area contributed by atoms with Crippen LogP contribution in [0, 0.1) is 0 Å². The van der Waals surface area contributed by atoms with Gasteiger partial charge in [-0.15, -0.1) is 5.10 Å². The van der Waals surface area contributed by atoms with E-state index < -0.39 is 0 Å². The molecule has 7 heteroatoms. The molecule has 0 saturated heterocycles. The van der Waals surface area contributed by atoms with E-state index in [0.717, 1.165) is 45.0 Å². The Morgan fingerprint density at radius 3 is 2.95 bits per heavy atom. The van der Waals surface area contributed by atoms with Gasteiger partial charge in [0.1, 0.15) is 0 Å². The monoisotopic (exact) mass is 264 g/mol. The molecule has 2 heterocycles. The molecule has 0 aliphatic carbocycles. The van der Waals surface area contributed by atoms with E-state index in [1.807, 2.05) is 23.3 Å². The molecule has 7 nitrogen and oxygen atoms in total. The average Bonchev–Trinajstić information content (AvgIpc) is 3.06. The van der Waals surface area contributed by atoms with Gasteiger partial charge in [-0.05, 0) is 12.8 Å². The number of anilines is 1. The first kappa shape index (κ1) is 13.5. The van der Waals surface area contributed by atoms with Gasteiger partial charge in [0.2, 0.25) is 5.95 Å². The van der Waals surface area contributed by atoms with E-state index in [0.29, 0.717) is 0 Å². The summed E-state index contributed by atoms with van der Waals surface area (Å²) in [6.07, 6.45) is 9.32. The third-order valence-corrected chi connectivity index (χ3v) is 2.78. The lowest BCUT2D eigenvalue weighted by Crippen LogP contribution is -2.12. The third kappa shape index (κ3) is 4.36. The van der Waals surface area contributed by atoms with E-state index in [1.54, 1.807) is 13.3 Å². The summed E-state index contributed by atoms with van der Waals surface area (Å²) in [6, 6.07) is 0. The molecule has 2 rings (SSSR count). The van der Waals surface area contributed by atoms with E-state index in [9.17, 15) is 0 Å². The largest absolute Gasteiger partial charge is 0.385 e. The lowest BCUT2D eigenvalue weighted by atomic mass is 10.4. The zero-order valence-electron chi connectivity index (χ0n) is 11.2. The van der Waals surface area contributed by atoms with Crippen LogP contribution in [0.2, 0.25) is 0 Å². The predicted octanol–water partition coefficient (Wildman–Crippen LogP) is 1.01. The fourth-order valence-corrected chi connectivity index (χ4v) is 1.83. The van der Waals surface area contributed by atoms with Gasteiger partial charge in [0, 0.05) is 51.9 Å². The number of nitrogens with one attached hydrogen (secondary N) is 1. The van der Waals surface area contributed by atoms with Crippen LogP contribution in [0.3, 0.4) is 0 Å². The second kappa shape index (κ2) is 7.52. The Kier molecular flexibility index (Phi) is 5.36. The lowest BCUT2D eigenvalue weighted by Gasteiger charge is -2.09. The number of aryl methyl sites for hydroxylation is 2. The van der Waals surface area contributed by atoms with E-state index in [-0.39, 0.29) is 0 Å². The fraction of sp³-hybridized carbons (Fsp3) is 0.583. The van der Waals surface area contributed by atoms with Crippen molar-refractivity contribution in [3.8, 4) is 0 Å². The van der Waals surface area contributed by atoms with Crippen LogP contribution in [0.5, 0.6) is 0 Å². The van der Waals surface area contributed by atoms with Gasteiger partial charge in [0.05, 0.1) is 6.20 Å². The molecule has 0 aliphatic rings. The van der Waals surface area contributed by atoms with Crippen molar-refractivity contribution in [1.82, 2.24) is 24.5 Å². The average molecular weight is 264 g/mol. The van der Waals surface area contributed by atoms with Gasteiger partial charge in [-0.25, -0.2) is 4.98 Å². The zero-order chi connectivity index (χ0) is 13.3. The van der Waals surface area contributed by atoms with Crippen molar-refractivity contribution in [2.45, 2.75) is 25.9 Å². The molecule has 0 saturated carbocycles. The highest BCUT2D eigenvalue weighted by molar-refractivity contribution is 5.25. The summed E-state index contributed by atoms with van der Waals surface area (Å²) in [7, 11) is 1.72. The molecule has 0 aromatic carbocycles. The lowest BCUT2D eigenvalue weighted by molar-refractivity contribution is 0.190. The summed E-state index contributed by atoms with van der Waals surface area (Å²) >= 11 is 0. The van der Waals surface area contributed by atoms with Crippen LogP contribution < -0.4 is 5.32 Å². The minimum Gasteiger partial charge on any atom is -0.385 e. The number of rotatable bonds is 9. The van der Waals surface area contributed by atoms with Crippen LogP contribution >= 0.6 is 0 Å². The smallest absolute Gasteiger partial charge is 0.202 e. The minimum atomic E-state index is 0.768. The molecule has 2 aromatic rings. The number of imidazole rings is 1. The Hall–Kier alpha value is -1.89. The first-order valence-corrected chi connectivity index (χ1v) is 6.48. The minimum absolute atomic E-state index is 0.768. The molecule has 0 unspecified atom stereocenters. The number of aromatic nitrogens is 5. The van der Waals surface area contributed by atoms with Crippen molar-refractivity contribution in [3.05, 3.63) is 24.8 Å². The quantitative estimate of drug-likeness (QED) is 0.685. The molecule has 104 valence electrons. The van der Waals surface area contributed by atoms with Gasteiger partial charge in [0.25, 0.3) is 0 Å². The van der Waals surface area contributed by atoms with Gasteiger partial charge in [-0.3, -0.25) is 4.68 Å². The van der Waals surface area contributed by atoms with Crippen molar-refractivity contribution >= 4 is 5.95 Å². The van der Waals surface area contributed by atoms with Crippen LogP contribution in [0.25, 0.3) is 0 Å². The maximum absolute atomic E-state index is 5.05. The van der Waals surface area contributed by atoms with Gasteiger partial charge in [0.15, 0.2) is 0 Å². The van der Waals surface area contributed by atoms with Gasteiger partial charge < -0.3 is 14.6 Å². The van der Waals surface area contributed by atoms with E-state index in [1.165, 1.54) is 0 Å². The molecule has 0 spiro atoms. The van der Waals surface area contributed by atoms with Crippen LogP contribution in [-0.4, -0.2) is 44.8 Å². The van der Waals surface area contributed by atoms with Gasteiger partial charge in [-0.1, -0.05) is 5.21 Å². The molecule has 1 N–H and O–H groups in total. The number of methoxy groups -OCH3 is 1. The molecule has 19 heavy (non-hydrogen) atoms. The number of ether oxygens (including phenoxy) is 1. The normalized spacial score (nSPS) is 10.8. The summed E-state index contributed by atoms with van der Waals surface area (Å²) in [5.74, 6) is 0.912. The summed E-state index contributed by atoms with van der Waals surface area (Å²) in [4.78, 5) is 4.31. The van der Waals surface area contributed by atoms with E-state index >= 15 is 0 Å². The van der Waals surface area contributed by atoms with Crippen LogP contribution in [0.15, 0.2) is 24.8 Å². The molecule has 0 amide bonds. The zero-order valence-corrected chi connectivity index (χ0v) is 11.2. The SMILES string of the molecule is COCCCn1ccnc1NCCCn1ccnn1. The van der Waals surface area contributed by atoms with Crippen LogP contribution in [0.4, 0.5) is 5.95 Å². The number of hydrogen-bond acceptors (Lipinski definition) is 5. The molecule has 0 fully saturated rings. The maximum atomic E-state index is 5.05. The maximum Gasteiger partial charge on any atom is 0.202 e.